The van der Waals surface area contributed by atoms with Crippen molar-refractivity contribution in [3.63, 3.8) is 0 Å². The molecular formula is C10H11ClN4. The summed E-state index contributed by atoms with van der Waals surface area (Å²) in [6.45, 7) is 0. The topological polar surface area (TPSA) is 50.2 Å². The van der Waals surface area contributed by atoms with Gasteiger partial charge in [-0.05, 0) is 6.42 Å². The Morgan fingerprint density at radius 3 is 3.07 bits per heavy atom. The molecule has 1 unspecified atom stereocenters. The van der Waals surface area contributed by atoms with Crippen LogP contribution < -0.4 is 5.32 Å². The average molecular weight is 223 g/mol. The van der Waals surface area contributed by atoms with E-state index in [0.29, 0.717) is 5.17 Å². The predicted molar refractivity (Wildman–Crippen MR) is 61.4 cm³/mol. The fourth-order valence-electron chi connectivity index (χ4n) is 1.45. The second-order valence-electron chi connectivity index (χ2n) is 3.20. The Labute approximate surface area is 93.1 Å². The molecule has 0 saturated heterocycles. The molecule has 0 aliphatic carbocycles. The van der Waals surface area contributed by atoms with Crippen LogP contribution in [0.4, 0.5) is 5.82 Å². The highest BCUT2D eigenvalue weighted by atomic mass is 35.5. The van der Waals surface area contributed by atoms with E-state index in [9.17, 15) is 0 Å². The molecule has 1 aromatic heterocycles. The van der Waals surface area contributed by atoms with E-state index in [-0.39, 0.29) is 5.92 Å². The lowest BCUT2D eigenvalue weighted by Crippen LogP contribution is -2.11. The number of aromatic nitrogens is 2. The van der Waals surface area contributed by atoms with Crippen LogP contribution in [-0.2, 0) is 0 Å². The molecule has 0 spiro atoms. The second-order valence-corrected chi connectivity index (χ2v) is 3.59. The van der Waals surface area contributed by atoms with E-state index in [2.05, 4.69) is 20.3 Å². The first kappa shape index (κ1) is 10.1. The Hall–Kier alpha value is -1.42. The van der Waals surface area contributed by atoms with Crippen molar-refractivity contribution < 1.29 is 0 Å². The van der Waals surface area contributed by atoms with E-state index in [1.54, 1.807) is 6.20 Å². The van der Waals surface area contributed by atoms with E-state index < -0.39 is 0 Å². The van der Waals surface area contributed by atoms with E-state index in [1.807, 2.05) is 19.2 Å². The van der Waals surface area contributed by atoms with Crippen molar-refractivity contribution in [2.75, 3.05) is 12.4 Å². The van der Waals surface area contributed by atoms with Crippen molar-refractivity contribution in [3.8, 4) is 0 Å². The number of hydrogen-bond donors (Lipinski definition) is 1. The van der Waals surface area contributed by atoms with E-state index in [0.717, 1.165) is 17.9 Å². The number of aliphatic imine (C=N–C) groups is 1. The van der Waals surface area contributed by atoms with Gasteiger partial charge in [-0.15, -0.1) is 0 Å². The monoisotopic (exact) mass is 222 g/mol. The highest BCUT2D eigenvalue weighted by Gasteiger charge is 2.19. The molecule has 15 heavy (non-hydrogen) atoms. The van der Waals surface area contributed by atoms with Gasteiger partial charge in [0.05, 0.1) is 11.6 Å². The summed E-state index contributed by atoms with van der Waals surface area (Å²) in [5, 5.41) is 3.55. The molecule has 1 N–H and O–H groups in total. The molecule has 2 rings (SSSR count). The number of anilines is 1. The number of halogens is 1. The highest BCUT2D eigenvalue weighted by Crippen LogP contribution is 2.26. The summed E-state index contributed by atoms with van der Waals surface area (Å²) < 4.78 is 0. The molecule has 0 fully saturated rings. The largest absolute Gasteiger partial charge is 0.373 e. The number of nitrogens with one attached hydrogen (secondary N) is 1. The van der Waals surface area contributed by atoms with Gasteiger partial charge in [0.1, 0.15) is 17.3 Å². The van der Waals surface area contributed by atoms with E-state index >= 15 is 0 Å². The normalized spacial score (nSPS) is 19.9. The summed E-state index contributed by atoms with van der Waals surface area (Å²) in [5.41, 5.74) is 0.896. The van der Waals surface area contributed by atoms with Crippen LogP contribution in [0.1, 0.15) is 18.0 Å². The Balaban J connectivity index is 2.29. The first-order valence-corrected chi connectivity index (χ1v) is 5.07. The molecule has 0 radical (unpaired) electrons. The molecule has 0 bridgehead atoms. The number of allylic oxidation sites excluding steroid dienone is 1. The van der Waals surface area contributed by atoms with Gasteiger partial charge in [0, 0.05) is 19.3 Å². The summed E-state index contributed by atoms with van der Waals surface area (Å²) in [6.07, 6.45) is 6.07. The maximum absolute atomic E-state index is 6.03. The van der Waals surface area contributed by atoms with Gasteiger partial charge >= 0.3 is 0 Å². The molecule has 78 valence electrons. The van der Waals surface area contributed by atoms with Gasteiger partial charge < -0.3 is 5.32 Å². The maximum atomic E-state index is 6.03. The third-order valence-electron chi connectivity index (χ3n) is 2.26. The SMILES string of the molecule is CNc1cc(C2CC=CN=C2Cl)ncn1. The zero-order chi connectivity index (χ0) is 10.7. The van der Waals surface area contributed by atoms with Crippen LogP contribution in [-0.4, -0.2) is 22.2 Å². The fourth-order valence-corrected chi connectivity index (χ4v) is 1.71. The van der Waals surface area contributed by atoms with Gasteiger partial charge in [-0.25, -0.2) is 15.0 Å². The Morgan fingerprint density at radius 1 is 1.47 bits per heavy atom. The van der Waals surface area contributed by atoms with Crippen LogP contribution in [0.15, 0.2) is 29.7 Å². The zero-order valence-corrected chi connectivity index (χ0v) is 9.07. The van der Waals surface area contributed by atoms with Gasteiger partial charge in [0.25, 0.3) is 0 Å². The summed E-state index contributed by atoms with van der Waals surface area (Å²) in [7, 11) is 1.82. The van der Waals surface area contributed by atoms with Gasteiger partial charge in [-0.3, -0.25) is 0 Å². The fraction of sp³-hybridized carbons (Fsp3) is 0.300. The Bertz CT molecular complexity index is 414. The third kappa shape index (κ3) is 2.15. The van der Waals surface area contributed by atoms with Crippen LogP contribution in [0.3, 0.4) is 0 Å². The van der Waals surface area contributed by atoms with E-state index in [1.165, 1.54) is 6.33 Å². The van der Waals surface area contributed by atoms with Crippen LogP contribution in [0, 0.1) is 0 Å². The van der Waals surface area contributed by atoms with Gasteiger partial charge in [-0.1, -0.05) is 17.7 Å². The molecule has 1 aliphatic heterocycles. The molecule has 1 atom stereocenters. The van der Waals surface area contributed by atoms with Crippen molar-refractivity contribution in [1.82, 2.24) is 9.97 Å². The van der Waals surface area contributed by atoms with E-state index in [4.69, 9.17) is 11.6 Å². The number of rotatable bonds is 2. The first-order chi connectivity index (χ1) is 7.31. The molecule has 1 aliphatic rings. The summed E-state index contributed by atoms with van der Waals surface area (Å²) in [4.78, 5) is 12.3. The third-order valence-corrected chi connectivity index (χ3v) is 2.62. The second kappa shape index (κ2) is 4.40. The van der Waals surface area contributed by atoms with Gasteiger partial charge in [0.15, 0.2) is 0 Å². The molecule has 0 aromatic carbocycles. The highest BCUT2D eigenvalue weighted by molar-refractivity contribution is 6.66. The van der Waals surface area contributed by atoms with Crippen molar-refractivity contribution in [2.24, 2.45) is 4.99 Å². The minimum atomic E-state index is 0.0618. The zero-order valence-electron chi connectivity index (χ0n) is 8.31. The molecule has 5 heteroatoms. The summed E-state index contributed by atoms with van der Waals surface area (Å²) >= 11 is 6.03. The number of hydrogen-bond acceptors (Lipinski definition) is 4. The lowest BCUT2D eigenvalue weighted by molar-refractivity contribution is 0.850. The van der Waals surface area contributed by atoms with Crippen LogP contribution in [0.5, 0.6) is 0 Å². The molecule has 0 saturated carbocycles. The number of nitrogens with zero attached hydrogens (tertiary/aromatic N) is 3. The molecule has 0 amide bonds. The minimum Gasteiger partial charge on any atom is -0.373 e. The van der Waals surface area contributed by atoms with Crippen molar-refractivity contribution in [3.05, 3.63) is 30.4 Å². The minimum absolute atomic E-state index is 0.0618. The van der Waals surface area contributed by atoms with Gasteiger partial charge in [-0.2, -0.15) is 0 Å². The predicted octanol–water partition coefficient (Wildman–Crippen LogP) is 2.16. The smallest absolute Gasteiger partial charge is 0.129 e. The maximum Gasteiger partial charge on any atom is 0.129 e. The molecule has 1 aromatic rings. The molecular weight excluding hydrogens is 212 g/mol. The van der Waals surface area contributed by atoms with Crippen molar-refractivity contribution >= 4 is 22.6 Å². The van der Waals surface area contributed by atoms with Crippen LogP contribution >= 0.6 is 11.6 Å². The van der Waals surface area contributed by atoms with Crippen molar-refractivity contribution in [1.29, 1.82) is 0 Å². The van der Waals surface area contributed by atoms with Crippen molar-refractivity contribution in [2.45, 2.75) is 12.3 Å². The average Bonchev–Trinajstić information content (AvgIpc) is 2.30. The lowest BCUT2D eigenvalue weighted by atomic mass is 10.0. The molecule has 2 heterocycles. The quantitative estimate of drug-likeness (QED) is 0.834. The standard InChI is InChI=1S/C10H11ClN4/c1-12-9-5-8(14-6-15-9)7-3-2-4-13-10(7)11/h2,4-7H,3H2,1H3,(H,12,14,15). The van der Waals surface area contributed by atoms with Crippen LogP contribution in [0.25, 0.3) is 0 Å². The Kier molecular flexibility index (Phi) is 2.97. The lowest BCUT2D eigenvalue weighted by Gasteiger charge is -2.15. The first-order valence-electron chi connectivity index (χ1n) is 4.69. The summed E-state index contributed by atoms with van der Waals surface area (Å²) in [5.74, 6) is 0.853. The summed E-state index contributed by atoms with van der Waals surface area (Å²) in [6, 6.07) is 1.89. The van der Waals surface area contributed by atoms with Crippen LogP contribution in [0.2, 0.25) is 0 Å². The Morgan fingerprint density at radius 2 is 2.33 bits per heavy atom. The van der Waals surface area contributed by atoms with Gasteiger partial charge in [0.2, 0.25) is 0 Å². The molecule has 4 nitrogen and oxygen atoms in total.